The summed E-state index contributed by atoms with van der Waals surface area (Å²) in [6, 6.07) is 9.57. The van der Waals surface area contributed by atoms with Crippen LogP contribution in [-0.2, 0) is 22.7 Å². The van der Waals surface area contributed by atoms with E-state index in [1.165, 1.54) is 18.2 Å². The van der Waals surface area contributed by atoms with Gasteiger partial charge in [-0.1, -0.05) is 18.2 Å². The molecule has 3 aromatic rings. The van der Waals surface area contributed by atoms with Gasteiger partial charge in [0.05, 0.1) is 21.7 Å². The summed E-state index contributed by atoms with van der Waals surface area (Å²) in [6.45, 7) is 2.08. The van der Waals surface area contributed by atoms with Gasteiger partial charge in [0.2, 0.25) is 0 Å². The van der Waals surface area contributed by atoms with Gasteiger partial charge >= 0.3 is 12.9 Å². The predicted molar refractivity (Wildman–Crippen MR) is 177 cm³/mol. The number of halogens is 2. The van der Waals surface area contributed by atoms with Crippen molar-refractivity contribution < 1.29 is 37.2 Å². The Kier molecular flexibility index (Phi) is 7.79. The lowest BCUT2D eigenvalue weighted by atomic mass is 9.75. The molecular formula is C35H35BF2N4O7. The highest BCUT2D eigenvalue weighted by atomic mass is 19.2. The van der Waals surface area contributed by atoms with Crippen LogP contribution in [0.5, 0.6) is 5.75 Å². The van der Waals surface area contributed by atoms with Crippen LogP contribution >= 0.6 is 0 Å². The predicted octanol–water partition coefficient (Wildman–Crippen LogP) is 6.93. The molecule has 49 heavy (non-hydrogen) atoms. The van der Waals surface area contributed by atoms with Crippen LogP contribution in [0.2, 0.25) is 0 Å². The molecule has 14 heteroatoms. The van der Waals surface area contributed by atoms with Crippen molar-refractivity contribution in [1.29, 1.82) is 0 Å². The quantitative estimate of drug-likeness (QED) is 0.0793. The zero-order valence-electron chi connectivity index (χ0n) is 27.5. The van der Waals surface area contributed by atoms with Gasteiger partial charge in [-0.25, -0.2) is 0 Å². The van der Waals surface area contributed by atoms with Gasteiger partial charge in [-0.2, -0.15) is 0 Å². The van der Waals surface area contributed by atoms with Gasteiger partial charge in [-0.15, -0.1) is 0 Å². The largest absolute Gasteiger partial charge is 0.732 e. The van der Waals surface area contributed by atoms with Gasteiger partial charge in [0.1, 0.15) is 36.3 Å². The van der Waals surface area contributed by atoms with Crippen molar-refractivity contribution >= 4 is 30.0 Å². The number of hydrogen-bond donors (Lipinski definition) is 0. The molecule has 1 saturated carbocycles. The van der Waals surface area contributed by atoms with Crippen LogP contribution in [0.3, 0.4) is 0 Å². The van der Waals surface area contributed by atoms with E-state index in [1.807, 2.05) is 0 Å². The maximum Gasteiger partial charge on any atom is 0.732 e. The van der Waals surface area contributed by atoms with E-state index in [1.54, 1.807) is 58.0 Å². The van der Waals surface area contributed by atoms with Gasteiger partial charge in [-0.3, -0.25) is 25.0 Å². The number of rotatable bonds is 9. The standard InChI is InChI=1S/C35H35BF2N4O7/c1-19-12-21(3)39-33(19)32(34-20(2)13-22(4)40(34)36(39,37)38)27-16-24(17-49-35(43)26-15-23-8-10-25(26)14-23)9-11-31(27)48-18-28-29(41(44)45)6-5-7-30(28)42(46)47/h5-13,16,23,25-26,32-33H,14-15,17-18H2,1-4H3. The van der Waals surface area contributed by atoms with E-state index in [2.05, 4.69) is 12.2 Å². The van der Waals surface area contributed by atoms with Crippen LogP contribution in [0.4, 0.5) is 20.0 Å². The first-order valence-electron chi connectivity index (χ1n) is 16.3. The van der Waals surface area contributed by atoms with Crippen molar-refractivity contribution in [3.8, 4) is 5.75 Å². The minimum atomic E-state index is -4.22. The van der Waals surface area contributed by atoms with Gasteiger partial charge < -0.3 is 27.1 Å². The minimum absolute atomic E-state index is 0.0560. The van der Waals surface area contributed by atoms with Crippen LogP contribution in [-0.4, -0.2) is 43.5 Å². The molecule has 0 spiro atoms. The summed E-state index contributed by atoms with van der Waals surface area (Å²) in [5.74, 6) is -0.418. The Hall–Kier alpha value is -5.14. The average molecular weight is 672 g/mol. The topological polar surface area (TPSA) is 130 Å². The van der Waals surface area contributed by atoms with E-state index in [0.29, 0.717) is 39.7 Å². The lowest BCUT2D eigenvalue weighted by molar-refractivity contribution is -0.463. The van der Waals surface area contributed by atoms with Crippen molar-refractivity contribution in [3.05, 3.63) is 120 Å². The summed E-state index contributed by atoms with van der Waals surface area (Å²) >= 11 is 0. The smallest absolute Gasteiger partial charge is 0.488 e. The number of esters is 1. The Morgan fingerprint density at radius 3 is 2.35 bits per heavy atom. The molecule has 0 saturated heterocycles. The molecule has 3 heterocycles. The van der Waals surface area contributed by atoms with Gasteiger partial charge in [0.15, 0.2) is 0 Å². The SMILES string of the molecule is CC1=CC(C)=[N+]2C1C(c1cc(COC(=O)C3CC4C=CC3C4)ccc1OCc1c([N+](=O)[O-])cccc1[N+](=O)[O-])c1c(C)cc(C)n1[B-]2(F)F. The van der Waals surface area contributed by atoms with E-state index in [4.69, 9.17) is 9.47 Å². The summed E-state index contributed by atoms with van der Waals surface area (Å²) < 4.78 is 47.1. The van der Waals surface area contributed by atoms with Crippen LogP contribution in [0.1, 0.15) is 66.2 Å². The minimum Gasteiger partial charge on any atom is -0.488 e. The summed E-state index contributed by atoms with van der Waals surface area (Å²) in [5, 5.41) is 23.7. The molecule has 4 aliphatic rings. The van der Waals surface area contributed by atoms with E-state index in [-0.39, 0.29) is 35.7 Å². The molecule has 5 atom stereocenters. The molecule has 2 aromatic carbocycles. The number of aryl methyl sites for hydroxylation is 2. The second-order valence-electron chi connectivity index (χ2n) is 13.6. The molecule has 5 unspecified atom stereocenters. The first-order valence-corrected chi connectivity index (χ1v) is 16.3. The lowest BCUT2D eigenvalue weighted by Gasteiger charge is -2.42. The number of nitro groups is 2. The van der Waals surface area contributed by atoms with E-state index < -0.39 is 46.8 Å². The van der Waals surface area contributed by atoms with Gasteiger partial charge in [0.25, 0.3) is 11.4 Å². The number of carbonyl (C=O) groups excluding carboxylic acids is 1. The lowest BCUT2D eigenvalue weighted by Crippen LogP contribution is -2.59. The zero-order valence-corrected chi connectivity index (χ0v) is 27.5. The fourth-order valence-electron chi connectivity index (χ4n) is 8.60. The number of nitro benzene ring substituents is 2. The second kappa shape index (κ2) is 11.8. The maximum absolute atomic E-state index is 16.4. The fraction of sp³-hybridized carbons (Fsp3) is 0.371. The van der Waals surface area contributed by atoms with Gasteiger partial charge in [0, 0.05) is 36.4 Å². The Balaban J connectivity index is 1.33. The molecule has 11 nitrogen and oxygen atoms in total. The number of nitrogens with zero attached hydrogens (tertiary/aromatic N) is 4. The van der Waals surface area contributed by atoms with Crippen LogP contribution in [0, 0.1) is 51.8 Å². The molecule has 0 amide bonds. The van der Waals surface area contributed by atoms with Crippen molar-refractivity contribution in [2.24, 2.45) is 17.8 Å². The zero-order chi connectivity index (χ0) is 34.9. The third-order valence-electron chi connectivity index (χ3n) is 10.6. The molecule has 2 aliphatic heterocycles. The monoisotopic (exact) mass is 672 g/mol. The highest BCUT2D eigenvalue weighted by molar-refractivity contribution is 6.57. The molecule has 2 bridgehead atoms. The Morgan fingerprint density at radius 2 is 1.71 bits per heavy atom. The van der Waals surface area contributed by atoms with E-state index >= 15 is 8.63 Å². The van der Waals surface area contributed by atoms with Gasteiger partial charge in [-0.05, 0) is 92.1 Å². The Bertz CT molecular complexity index is 2000. The summed E-state index contributed by atoms with van der Waals surface area (Å²) in [5.41, 5.74) is 2.50. The number of hydrogen-bond acceptors (Lipinski definition) is 7. The van der Waals surface area contributed by atoms with Crippen molar-refractivity contribution in [2.45, 2.75) is 65.7 Å². The molecule has 0 radical (unpaired) electrons. The maximum atomic E-state index is 16.4. The number of carbonyl (C=O) groups is 1. The molecule has 2 aliphatic carbocycles. The summed E-state index contributed by atoms with van der Waals surface area (Å²) in [6.07, 6.45) is 7.67. The van der Waals surface area contributed by atoms with Crippen LogP contribution in [0.25, 0.3) is 0 Å². The third kappa shape index (κ3) is 5.24. The van der Waals surface area contributed by atoms with Crippen molar-refractivity contribution in [3.63, 3.8) is 0 Å². The summed E-state index contributed by atoms with van der Waals surface area (Å²) in [4.78, 5) is 35.4. The highest BCUT2D eigenvalue weighted by Gasteiger charge is 2.59. The molecular weight excluding hydrogens is 637 g/mol. The number of aromatic nitrogens is 1. The number of ether oxygens (including phenoxy) is 2. The average Bonchev–Trinajstić information content (AvgIpc) is 3.82. The molecule has 254 valence electrons. The molecule has 7 rings (SSSR count). The van der Waals surface area contributed by atoms with Crippen molar-refractivity contribution in [1.82, 2.24) is 4.48 Å². The van der Waals surface area contributed by atoms with Crippen LogP contribution < -0.4 is 4.74 Å². The number of benzene rings is 2. The first-order chi connectivity index (χ1) is 23.3. The van der Waals surface area contributed by atoms with E-state index in [0.717, 1.165) is 27.4 Å². The molecule has 1 fully saturated rings. The Morgan fingerprint density at radius 1 is 1.00 bits per heavy atom. The summed E-state index contributed by atoms with van der Waals surface area (Å²) in [7, 11) is 0. The third-order valence-corrected chi connectivity index (χ3v) is 10.6. The highest BCUT2D eigenvalue weighted by Crippen LogP contribution is 2.49. The fourth-order valence-corrected chi connectivity index (χ4v) is 8.60. The van der Waals surface area contributed by atoms with Crippen molar-refractivity contribution in [2.75, 3.05) is 0 Å². The molecule has 0 N–H and O–H groups in total. The first kappa shape index (κ1) is 32.4. The number of allylic oxidation sites excluding steroid dienone is 3. The Labute approximate surface area is 280 Å². The normalized spacial score (nSPS) is 24.4. The number of fused-ring (bicyclic) bond motifs is 4. The van der Waals surface area contributed by atoms with E-state index in [9.17, 15) is 25.0 Å². The molecule has 1 aromatic heterocycles. The van der Waals surface area contributed by atoms with Crippen LogP contribution in [0.15, 0.2) is 66.3 Å². The second-order valence-corrected chi connectivity index (χ2v) is 13.6.